The minimum Gasteiger partial charge on any atom is -0.384 e. The Morgan fingerprint density at radius 2 is 2.24 bits per heavy atom. The molecule has 3 nitrogen and oxygen atoms in total. The second kappa shape index (κ2) is 7.28. The Labute approximate surface area is 127 Å². The molecule has 1 atom stereocenters. The molecule has 1 unspecified atom stereocenters. The molecule has 0 aromatic heterocycles. The van der Waals surface area contributed by atoms with Crippen LogP contribution < -0.4 is 0 Å². The fourth-order valence-corrected chi connectivity index (χ4v) is 2.88. The van der Waals surface area contributed by atoms with Crippen molar-refractivity contribution < 1.29 is 9.90 Å². The van der Waals surface area contributed by atoms with E-state index in [2.05, 4.69) is 18.8 Å². The van der Waals surface area contributed by atoms with Gasteiger partial charge in [0, 0.05) is 23.7 Å². The largest absolute Gasteiger partial charge is 0.384 e. The third kappa shape index (κ3) is 3.65. The lowest BCUT2D eigenvalue weighted by atomic mass is 9.98. The van der Waals surface area contributed by atoms with Crippen LogP contribution in [0.2, 0.25) is 0 Å². The van der Waals surface area contributed by atoms with Crippen LogP contribution in [0.1, 0.15) is 54.1 Å². The first-order valence-corrected chi connectivity index (χ1v) is 7.68. The average molecular weight is 285 g/mol. The molecule has 0 bridgehead atoms. The molecule has 3 heteroatoms. The van der Waals surface area contributed by atoms with Crippen LogP contribution in [0, 0.1) is 18.8 Å². The van der Waals surface area contributed by atoms with Crippen LogP contribution in [0.3, 0.4) is 0 Å². The number of amides is 1. The van der Waals surface area contributed by atoms with Crippen molar-refractivity contribution in [1.29, 1.82) is 0 Å². The van der Waals surface area contributed by atoms with Crippen molar-refractivity contribution in [2.75, 3.05) is 13.2 Å². The Kier molecular flexibility index (Phi) is 5.41. The van der Waals surface area contributed by atoms with Gasteiger partial charge in [-0.05, 0) is 50.3 Å². The summed E-state index contributed by atoms with van der Waals surface area (Å²) in [4.78, 5) is 14.7. The minimum atomic E-state index is -0.165. The average Bonchev–Trinajstić information content (AvgIpc) is 2.53. The highest BCUT2D eigenvalue weighted by Crippen LogP contribution is 2.22. The predicted molar refractivity (Wildman–Crippen MR) is 84.1 cm³/mol. The normalized spacial score (nSPS) is 18.0. The number of hydrogen-bond acceptors (Lipinski definition) is 2. The number of aliphatic hydroxyl groups excluding tert-OH is 1. The van der Waals surface area contributed by atoms with Gasteiger partial charge >= 0.3 is 0 Å². The molecule has 1 fully saturated rings. The first kappa shape index (κ1) is 15.6. The van der Waals surface area contributed by atoms with Crippen LogP contribution >= 0.6 is 0 Å². The molecule has 21 heavy (non-hydrogen) atoms. The van der Waals surface area contributed by atoms with E-state index < -0.39 is 0 Å². The van der Waals surface area contributed by atoms with Crippen LogP contribution in [0.4, 0.5) is 0 Å². The van der Waals surface area contributed by atoms with Crippen molar-refractivity contribution in [3.8, 4) is 11.8 Å². The van der Waals surface area contributed by atoms with E-state index in [0.717, 1.165) is 36.9 Å². The molecule has 0 aliphatic carbocycles. The Balaban J connectivity index is 2.26. The summed E-state index contributed by atoms with van der Waals surface area (Å²) in [7, 11) is 0. The zero-order valence-electron chi connectivity index (χ0n) is 12.9. The van der Waals surface area contributed by atoms with Gasteiger partial charge < -0.3 is 10.0 Å². The zero-order chi connectivity index (χ0) is 15.2. The van der Waals surface area contributed by atoms with Gasteiger partial charge in [-0.15, -0.1) is 0 Å². The quantitative estimate of drug-likeness (QED) is 0.849. The van der Waals surface area contributed by atoms with Crippen LogP contribution in [0.5, 0.6) is 0 Å². The highest BCUT2D eigenvalue weighted by Gasteiger charge is 2.26. The lowest BCUT2D eigenvalue weighted by Crippen LogP contribution is -2.43. The number of carbonyl (C=O) groups excluding carboxylic acids is 1. The minimum absolute atomic E-state index is 0.105. The second-order valence-electron chi connectivity index (χ2n) is 5.55. The second-order valence-corrected chi connectivity index (χ2v) is 5.55. The van der Waals surface area contributed by atoms with Crippen LogP contribution in [-0.2, 0) is 0 Å². The monoisotopic (exact) mass is 285 g/mol. The first-order valence-electron chi connectivity index (χ1n) is 7.68. The number of piperidine rings is 1. The zero-order valence-corrected chi connectivity index (χ0v) is 12.9. The molecule has 1 saturated heterocycles. The van der Waals surface area contributed by atoms with Crippen molar-refractivity contribution in [2.45, 2.75) is 45.6 Å². The number of aliphatic hydroxyl groups is 1. The fourth-order valence-electron chi connectivity index (χ4n) is 2.88. The van der Waals surface area contributed by atoms with Crippen molar-refractivity contribution in [3.05, 3.63) is 34.9 Å². The Morgan fingerprint density at radius 1 is 1.43 bits per heavy atom. The van der Waals surface area contributed by atoms with E-state index in [4.69, 9.17) is 5.11 Å². The molecule has 0 radical (unpaired) electrons. The maximum Gasteiger partial charge on any atom is 0.254 e. The van der Waals surface area contributed by atoms with Gasteiger partial charge in [0.25, 0.3) is 5.91 Å². The van der Waals surface area contributed by atoms with Gasteiger partial charge in [0.1, 0.15) is 6.61 Å². The van der Waals surface area contributed by atoms with E-state index in [1.165, 1.54) is 6.42 Å². The summed E-state index contributed by atoms with van der Waals surface area (Å²) in [5.74, 6) is 5.67. The van der Waals surface area contributed by atoms with E-state index >= 15 is 0 Å². The Hall–Kier alpha value is -1.79. The summed E-state index contributed by atoms with van der Waals surface area (Å²) in [5.41, 5.74) is 2.54. The summed E-state index contributed by atoms with van der Waals surface area (Å²) in [6, 6.07) is 6.02. The Bertz CT molecular complexity index is 568. The van der Waals surface area contributed by atoms with Gasteiger partial charge in [0.05, 0.1) is 0 Å². The van der Waals surface area contributed by atoms with Gasteiger partial charge in [-0.25, -0.2) is 0 Å². The highest BCUT2D eigenvalue weighted by atomic mass is 16.2. The van der Waals surface area contributed by atoms with Gasteiger partial charge in [0.15, 0.2) is 0 Å². The molecule has 1 aliphatic heterocycles. The number of carbonyl (C=O) groups is 1. The molecule has 1 aromatic rings. The highest BCUT2D eigenvalue weighted by molar-refractivity contribution is 5.95. The maximum absolute atomic E-state index is 12.7. The summed E-state index contributed by atoms with van der Waals surface area (Å²) in [6.45, 7) is 4.79. The molecule has 1 heterocycles. The maximum atomic E-state index is 12.7. The van der Waals surface area contributed by atoms with E-state index in [1.54, 1.807) is 0 Å². The van der Waals surface area contributed by atoms with Crippen molar-refractivity contribution in [1.82, 2.24) is 4.90 Å². The SMILES string of the molecule is CCC1CCCCN1C(=O)c1ccc(C)c(C#CCO)c1. The Morgan fingerprint density at radius 3 is 2.95 bits per heavy atom. The topological polar surface area (TPSA) is 40.5 Å². The fraction of sp³-hybridized carbons (Fsp3) is 0.500. The number of benzene rings is 1. The van der Waals surface area contributed by atoms with E-state index in [1.807, 2.05) is 30.0 Å². The smallest absolute Gasteiger partial charge is 0.254 e. The van der Waals surface area contributed by atoms with Gasteiger partial charge in [-0.3, -0.25) is 4.79 Å². The third-order valence-electron chi connectivity index (χ3n) is 4.15. The van der Waals surface area contributed by atoms with Crippen molar-refractivity contribution in [2.24, 2.45) is 0 Å². The molecule has 1 aliphatic rings. The van der Waals surface area contributed by atoms with Gasteiger partial charge in [0.2, 0.25) is 0 Å². The van der Waals surface area contributed by atoms with E-state index in [-0.39, 0.29) is 12.5 Å². The van der Waals surface area contributed by atoms with E-state index in [9.17, 15) is 4.79 Å². The van der Waals surface area contributed by atoms with E-state index in [0.29, 0.717) is 11.6 Å². The predicted octanol–water partition coefficient (Wildman–Crippen LogP) is 2.74. The van der Waals surface area contributed by atoms with Crippen LogP contribution in [0.15, 0.2) is 18.2 Å². The number of likely N-dealkylation sites (tertiary alicyclic amines) is 1. The molecule has 112 valence electrons. The molecule has 1 N–H and O–H groups in total. The summed E-state index contributed by atoms with van der Waals surface area (Å²) in [6.07, 6.45) is 4.41. The van der Waals surface area contributed by atoms with Gasteiger partial charge in [-0.1, -0.05) is 24.8 Å². The summed E-state index contributed by atoms with van der Waals surface area (Å²) < 4.78 is 0. The van der Waals surface area contributed by atoms with Crippen LogP contribution in [0.25, 0.3) is 0 Å². The molecule has 1 aromatic carbocycles. The molecule has 0 spiro atoms. The standard InChI is InChI=1S/C18H23NO2/c1-3-17-8-4-5-11-19(17)18(21)16-10-9-14(2)15(13-16)7-6-12-20/h9-10,13,17,20H,3-5,8,11-12H2,1-2H3. The number of nitrogens with zero attached hydrogens (tertiary/aromatic N) is 1. The number of aryl methyl sites for hydroxylation is 1. The summed E-state index contributed by atoms with van der Waals surface area (Å²) >= 11 is 0. The summed E-state index contributed by atoms with van der Waals surface area (Å²) in [5, 5.41) is 8.82. The van der Waals surface area contributed by atoms with Gasteiger partial charge in [-0.2, -0.15) is 0 Å². The number of hydrogen-bond donors (Lipinski definition) is 1. The van der Waals surface area contributed by atoms with Crippen molar-refractivity contribution >= 4 is 5.91 Å². The molecule has 0 saturated carbocycles. The molecular weight excluding hydrogens is 262 g/mol. The first-order chi connectivity index (χ1) is 10.2. The molecule has 2 rings (SSSR count). The van der Waals surface area contributed by atoms with Crippen molar-refractivity contribution in [3.63, 3.8) is 0 Å². The lowest BCUT2D eigenvalue weighted by Gasteiger charge is -2.35. The number of rotatable bonds is 2. The third-order valence-corrected chi connectivity index (χ3v) is 4.15. The molecule has 1 amide bonds. The lowest BCUT2D eigenvalue weighted by molar-refractivity contribution is 0.0608. The molecular formula is C18H23NO2. The van der Waals surface area contributed by atoms with Crippen LogP contribution in [-0.4, -0.2) is 35.1 Å².